The van der Waals surface area contributed by atoms with Crippen molar-refractivity contribution in [3.05, 3.63) is 58.9 Å². The molecule has 2 aliphatic rings. The van der Waals surface area contributed by atoms with E-state index in [4.69, 9.17) is 25.6 Å². The summed E-state index contributed by atoms with van der Waals surface area (Å²) in [5, 5.41) is 4.75. The van der Waals surface area contributed by atoms with E-state index >= 15 is 0 Å². The van der Waals surface area contributed by atoms with E-state index in [0.29, 0.717) is 30.1 Å². The Balaban J connectivity index is 1.14. The minimum Gasteiger partial charge on any atom is -0.454 e. The van der Waals surface area contributed by atoms with Gasteiger partial charge in [0.25, 0.3) is 0 Å². The summed E-state index contributed by atoms with van der Waals surface area (Å²) >= 11 is 6.04. The first-order valence-electron chi connectivity index (χ1n) is 9.65. The van der Waals surface area contributed by atoms with E-state index in [1.165, 1.54) is 5.56 Å². The number of benzene rings is 2. The van der Waals surface area contributed by atoms with Crippen LogP contribution in [0.5, 0.6) is 11.5 Å². The van der Waals surface area contributed by atoms with Crippen LogP contribution in [0, 0.1) is 0 Å². The summed E-state index contributed by atoms with van der Waals surface area (Å²) in [6.07, 6.45) is 0. The first-order valence-corrected chi connectivity index (χ1v) is 10.0. The van der Waals surface area contributed by atoms with Gasteiger partial charge in [-0.05, 0) is 29.8 Å². The highest BCUT2D eigenvalue weighted by atomic mass is 35.5. The molecule has 150 valence electrons. The molecule has 2 aromatic carbocycles. The van der Waals surface area contributed by atoms with Crippen molar-refractivity contribution in [3.8, 4) is 22.9 Å². The van der Waals surface area contributed by atoms with Gasteiger partial charge in [-0.25, -0.2) is 0 Å². The summed E-state index contributed by atoms with van der Waals surface area (Å²) in [5.41, 5.74) is 2.10. The van der Waals surface area contributed by atoms with Gasteiger partial charge in [-0.3, -0.25) is 9.80 Å². The minimum absolute atomic E-state index is 0.312. The fourth-order valence-electron chi connectivity index (χ4n) is 3.66. The highest BCUT2D eigenvalue weighted by Gasteiger charge is 2.21. The van der Waals surface area contributed by atoms with Gasteiger partial charge in [-0.2, -0.15) is 4.98 Å². The number of fused-ring (bicyclic) bond motifs is 1. The molecule has 1 fully saturated rings. The minimum atomic E-state index is 0.312. The highest BCUT2D eigenvalue weighted by Crippen LogP contribution is 2.32. The van der Waals surface area contributed by atoms with Crippen LogP contribution in [0.15, 0.2) is 47.0 Å². The maximum Gasteiger partial charge on any atom is 0.241 e. The maximum absolute atomic E-state index is 6.04. The van der Waals surface area contributed by atoms with Gasteiger partial charge < -0.3 is 14.0 Å². The second kappa shape index (κ2) is 8.02. The molecule has 0 bridgehead atoms. The molecule has 3 heterocycles. The number of hydrogen-bond donors (Lipinski definition) is 0. The Kier molecular flexibility index (Phi) is 5.10. The van der Waals surface area contributed by atoms with Crippen molar-refractivity contribution < 1.29 is 14.0 Å². The Morgan fingerprint density at radius 2 is 1.69 bits per heavy atom. The van der Waals surface area contributed by atoms with Crippen molar-refractivity contribution in [2.45, 2.75) is 13.1 Å². The van der Waals surface area contributed by atoms with Crippen LogP contribution < -0.4 is 9.47 Å². The number of ether oxygens (including phenoxy) is 2. The SMILES string of the molecule is Clc1cccc(-c2noc(CN3CCN(Cc4ccc5c(c4)OCO5)CC3)n2)c1. The predicted octanol–water partition coefficient (Wildman–Crippen LogP) is 3.44. The Bertz CT molecular complexity index is 1000. The molecule has 8 heteroatoms. The van der Waals surface area contributed by atoms with E-state index in [1.54, 1.807) is 0 Å². The van der Waals surface area contributed by atoms with E-state index in [1.807, 2.05) is 30.3 Å². The molecule has 5 rings (SSSR count). The largest absolute Gasteiger partial charge is 0.454 e. The van der Waals surface area contributed by atoms with Crippen LogP contribution in [0.25, 0.3) is 11.4 Å². The van der Waals surface area contributed by atoms with Gasteiger partial charge >= 0.3 is 0 Å². The molecule has 0 radical (unpaired) electrons. The summed E-state index contributed by atoms with van der Waals surface area (Å²) < 4.78 is 16.3. The first-order chi connectivity index (χ1) is 14.2. The predicted molar refractivity (Wildman–Crippen MR) is 108 cm³/mol. The quantitative estimate of drug-likeness (QED) is 0.636. The van der Waals surface area contributed by atoms with Crippen LogP contribution in [-0.4, -0.2) is 52.9 Å². The molecule has 29 heavy (non-hydrogen) atoms. The lowest BCUT2D eigenvalue weighted by Crippen LogP contribution is -2.45. The van der Waals surface area contributed by atoms with Crippen molar-refractivity contribution in [2.24, 2.45) is 0 Å². The van der Waals surface area contributed by atoms with E-state index in [-0.39, 0.29) is 0 Å². The van der Waals surface area contributed by atoms with Crippen LogP contribution in [0.1, 0.15) is 11.5 Å². The molecule has 0 unspecified atom stereocenters. The van der Waals surface area contributed by atoms with Crippen LogP contribution in [-0.2, 0) is 13.1 Å². The van der Waals surface area contributed by atoms with Crippen LogP contribution >= 0.6 is 11.6 Å². The van der Waals surface area contributed by atoms with E-state index in [0.717, 1.165) is 49.8 Å². The Morgan fingerprint density at radius 3 is 2.52 bits per heavy atom. The van der Waals surface area contributed by atoms with Crippen molar-refractivity contribution in [1.82, 2.24) is 19.9 Å². The van der Waals surface area contributed by atoms with Gasteiger partial charge in [-0.1, -0.05) is 35.0 Å². The Hall–Kier alpha value is -2.61. The molecular formula is C21H21ClN4O3. The number of nitrogens with zero attached hydrogens (tertiary/aromatic N) is 4. The fourth-order valence-corrected chi connectivity index (χ4v) is 3.85. The zero-order chi connectivity index (χ0) is 19.6. The Labute approximate surface area is 173 Å². The van der Waals surface area contributed by atoms with Gasteiger partial charge in [0.05, 0.1) is 6.54 Å². The lowest BCUT2D eigenvalue weighted by molar-refractivity contribution is 0.112. The molecule has 0 aliphatic carbocycles. The highest BCUT2D eigenvalue weighted by molar-refractivity contribution is 6.30. The van der Waals surface area contributed by atoms with Crippen molar-refractivity contribution >= 4 is 11.6 Å². The summed E-state index contributed by atoms with van der Waals surface area (Å²) in [4.78, 5) is 9.30. The average Bonchev–Trinajstić information content (AvgIpc) is 3.39. The third kappa shape index (κ3) is 4.22. The fraction of sp³-hybridized carbons (Fsp3) is 0.333. The number of rotatable bonds is 5. The number of halogens is 1. The topological polar surface area (TPSA) is 63.9 Å². The third-order valence-corrected chi connectivity index (χ3v) is 5.45. The molecular weight excluding hydrogens is 392 g/mol. The summed E-state index contributed by atoms with van der Waals surface area (Å²) in [6.45, 7) is 5.77. The second-order valence-corrected chi connectivity index (χ2v) is 7.70. The average molecular weight is 413 g/mol. The van der Waals surface area contributed by atoms with Gasteiger partial charge in [0, 0.05) is 43.3 Å². The zero-order valence-corrected chi connectivity index (χ0v) is 16.6. The smallest absolute Gasteiger partial charge is 0.241 e. The molecule has 1 aromatic heterocycles. The molecule has 3 aromatic rings. The molecule has 7 nitrogen and oxygen atoms in total. The van der Waals surface area contributed by atoms with Gasteiger partial charge in [0.1, 0.15) is 0 Å². The van der Waals surface area contributed by atoms with Crippen molar-refractivity contribution in [3.63, 3.8) is 0 Å². The summed E-state index contributed by atoms with van der Waals surface area (Å²) in [5.74, 6) is 2.87. The number of hydrogen-bond acceptors (Lipinski definition) is 7. The molecule has 1 saturated heterocycles. The third-order valence-electron chi connectivity index (χ3n) is 5.22. The molecule has 0 amide bonds. The molecule has 0 N–H and O–H groups in total. The molecule has 0 saturated carbocycles. The van der Waals surface area contributed by atoms with Gasteiger partial charge in [0.2, 0.25) is 18.5 Å². The van der Waals surface area contributed by atoms with Crippen LogP contribution in [0.4, 0.5) is 0 Å². The standard InChI is InChI=1S/C21H21ClN4O3/c22-17-3-1-2-16(11-17)21-23-20(29-24-21)13-26-8-6-25(7-9-26)12-15-4-5-18-19(10-15)28-14-27-18/h1-5,10-11H,6-9,12-14H2. The molecule has 0 atom stereocenters. The van der Waals surface area contributed by atoms with Crippen LogP contribution in [0.2, 0.25) is 5.02 Å². The van der Waals surface area contributed by atoms with Crippen molar-refractivity contribution in [1.29, 1.82) is 0 Å². The second-order valence-electron chi connectivity index (χ2n) is 7.26. The molecule has 0 spiro atoms. The summed E-state index contributed by atoms with van der Waals surface area (Å²) in [6, 6.07) is 13.6. The first kappa shape index (κ1) is 18.4. The monoisotopic (exact) mass is 412 g/mol. The summed E-state index contributed by atoms with van der Waals surface area (Å²) in [7, 11) is 0. The van der Waals surface area contributed by atoms with E-state index < -0.39 is 0 Å². The maximum atomic E-state index is 6.04. The normalized spacial score (nSPS) is 17.0. The van der Waals surface area contributed by atoms with Crippen LogP contribution in [0.3, 0.4) is 0 Å². The van der Waals surface area contributed by atoms with Crippen molar-refractivity contribution in [2.75, 3.05) is 33.0 Å². The van der Waals surface area contributed by atoms with Gasteiger partial charge in [-0.15, -0.1) is 0 Å². The Morgan fingerprint density at radius 1 is 0.897 bits per heavy atom. The number of piperazine rings is 1. The van der Waals surface area contributed by atoms with E-state index in [9.17, 15) is 0 Å². The van der Waals surface area contributed by atoms with Gasteiger partial charge in [0.15, 0.2) is 11.5 Å². The lowest BCUT2D eigenvalue weighted by Gasteiger charge is -2.33. The van der Waals surface area contributed by atoms with E-state index in [2.05, 4.69) is 32.1 Å². The molecule has 2 aliphatic heterocycles. The zero-order valence-electron chi connectivity index (χ0n) is 15.9. The lowest BCUT2D eigenvalue weighted by atomic mass is 10.1. The number of aromatic nitrogens is 2.